The van der Waals surface area contributed by atoms with Gasteiger partial charge in [-0.3, -0.25) is 4.79 Å². The molecule has 4 rings (SSSR count). The first-order valence-corrected chi connectivity index (χ1v) is 8.19. The third-order valence-electron chi connectivity index (χ3n) is 3.95. The number of carbonyl (C=O) groups is 1. The Kier molecular flexibility index (Phi) is 3.83. The van der Waals surface area contributed by atoms with E-state index in [1.54, 1.807) is 36.4 Å². The van der Waals surface area contributed by atoms with Gasteiger partial charge >= 0.3 is 0 Å². The Labute approximate surface area is 146 Å². The molecule has 7 nitrogen and oxygen atoms in total. The van der Waals surface area contributed by atoms with Crippen LogP contribution in [0, 0.1) is 0 Å². The average Bonchev–Trinajstić information content (AvgIpc) is 3.40. The summed E-state index contributed by atoms with van der Waals surface area (Å²) in [6.45, 7) is -0.0772. The molecule has 3 heterocycles. The van der Waals surface area contributed by atoms with Crippen LogP contribution < -0.4 is 5.32 Å². The van der Waals surface area contributed by atoms with E-state index in [1.807, 2.05) is 0 Å². The Morgan fingerprint density at radius 3 is 2.84 bits per heavy atom. The molecule has 0 bridgehead atoms. The molecule has 0 saturated heterocycles. The van der Waals surface area contributed by atoms with Crippen molar-refractivity contribution in [3.63, 3.8) is 0 Å². The highest BCUT2D eigenvalue weighted by Gasteiger charge is 2.36. The largest absolute Gasteiger partial charge is 0.472 e. The molecular formula is C17H13N3O4S. The molecule has 0 aliphatic carbocycles. The van der Waals surface area contributed by atoms with Crippen LogP contribution in [0.25, 0.3) is 11.0 Å². The van der Waals surface area contributed by atoms with Crippen LogP contribution in [0.3, 0.4) is 0 Å². The standard InChI is InChI=1S/C17H13N3O4S/c21-16(11-3-4-13-14(8-11)20-25-19-13)18-10-17(22,12-5-7-23-9-12)15-2-1-6-24-15/h1-9,22H,10H2,(H,18,21)/t17-/m0/s1. The number of aliphatic hydroxyl groups is 1. The molecule has 0 spiro atoms. The maximum Gasteiger partial charge on any atom is 0.251 e. The Balaban J connectivity index is 1.58. The van der Waals surface area contributed by atoms with E-state index < -0.39 is 5.60 Å². The zero-order valence-corrected chi connectivity index (χ0v) is 13.7. The van der Waals surface area contributed by atoms with Gasteiger partial charge in [0.2, 0.25) is 0 Å². The summed E-state index contributed by atoms with van der Waals surface area (Å²) in [6, 6.07) is 10.0. The molecule has 0 aliphatic heterocycles. The van der Waals surface area contributed by atoms with Crippen molar-refractivity contribution in [2.45, 2.75) is 5.60 Å². The van der Waals surface area contributed by atoms with E-state index in [2.05, 4.69) is 14.1 Å². The summed E-state index contributed by atoms with van der Waals surface area (Å²) < 4.78 is 18.6. The summed E-state index contributed by atoms with van der Waals surface area (Å²) in [7, 11) is 0. The molecule has 0 fully saturated rings. The molecule has 0 radical (unpaired) electrons. The van der Waals surface area contributed by atoms with Crippen LogP contribution in [0.2, 0.25) is 0 Å². The number of hydrogen-bond donors (Lipinski definition) is 2. The molecule has 0 aliphatic rings. The zero-order valence-electron chi connectivity index (χ0n) is 12.9. The fraction of sp³-hybridized carbons (Fsp3) is 0.118. The summed E-state index contributed by atoms with van der Waals surface area (Å²) in [5.74, 6) is -0.0169. The van der Waals surface area contributed by atoms with Gasteiger partial charge in [0.25, 0.3) is 5.91 Å². The molecule has 2 N–H and O–H groups in total. The molecule has 126 valence electrons. The average molecular weight is 355 g/mol. The maximum absolute atomic E-state index is 12.5. The molecule has 4 aromatic rings. The van der Waals surface area contributed by atoms with Crippen LogP contribution in [0.4, 0.5) is 0 Å². The molecule has 1 aromatic carbocycles. The smallest absolute Gasteiger partial charge is 0.251 e. The summed E-state index contributed by atoms with van der Waals surface area (Å²) in [6.07, 6.45) is 4.33. The van der Waals surface area contributed by atoms with Crippen LogP contribution >= 0.6 is 11.7 Å². The van der Waals surface area contributed by atoms with E-state index in [4.69, 9.17) is 8.83 Å². The van der Waals surface area contributed by atoms with Gasteiger partial charge in [-0.1, -0.05) is 0 Å². The number of fused-ring (bicyclic) bond motifs is 1. The van der Waals surface area contributed by atoms with E-state index in [0.717, 1.165) is 17.2 Å². The highest BCUT2D eigenvalue weighted by Crippen LogP contribution is 2.30. The van der Waals surface area contributed by atoms with Crippen molar-refractivity contribution in [3.8, 4) is 0 Å². The predicted molar refractivity (Wildman–Crippen MR) is 90.2 cm³/mol. The number of nitrogens with one attached hydrogen (secondary N) is 1. The molecular weight excluding hydrogens is 342 g/mol. The number of aromatic nitrogens is 2. The lowest BCUT2D eigenvalue weighted by molar-refractivity contribution is 0.0520. The minimum absolute atomic E-state index is 0.0772. The first kappa shape index (κ1) is 15.6. The number of furan rings is 2. The lowest BCUT2D eigenvalue weighted by Crippen LogP contribution is -2.41. The third-order valence-corrected chi connectivity index (χ3v) is 4.50. The first-order chi connectivity index (χ1) is 12.2. The van der Waals surface area contributed by atoms with Gasteiger partial charge in [-0.25, -0.2) is 0 Å². The molecule has 3 aromatic heterocycles. The van der Waals surface area contributed by atoms with Crippen LogP contribution in [-0.2, 0) is 5.60 Å². The van der Waals surface area contributed by atoms with Crippen molar-refractivity contribution in [1.29, 1.82) is 0 Å². The second-order valence-corrected chi connectivity index (χ2v) is 6.03. The number of rotatable bonds is 5. The minimum atomic E-state index is -1.53. The first-order valence-electron chi connectivity index (χ1n) is 7.46. The fourth-order valence-corrected chi connectivity index (χ4v) is 3.10. The number of nitrogens with zero attached hydrogens (tertiary/aromatic N) is 2. The van der Waals surface area contributed by atoms with Crippen molar-refractivity contribution >= 4 is 28.7 Å². The van der Waals surface area contributed by atoms with Gasteiger partial charge in [-0.05, 0) is 36.4 Å². The Bertz CT molecular complexity index is 958. The van der Waals surface area contributed by atoms with E-state index in [9.17, 15) is 9.90 Å². The topological polar surface area (TPSA) is 101 Å². The van der Waals surface area contributed by atoms with Crippen molar-refractivity contribution < 1.29 is 18.7 Å². The molecule has 25 heavy (non-hydrogen) atoms. The number of hydrogen-bond acceptors (Lipinski definition) is 7. The van der Waals surface area contributed by atoms with Crippen molar-refractivity contribution in [1.82, 2.24) is 14.1 Å². The summed E-state index contributed by atoms with van der Waals surface area (Å²) >= 11 is 1.09. The van der Waals surface area contributed by atoms with Gasteiger partial charge in [0.15, 0.2) is 5.60 Å². The van der Waals surface area contributed by atoms with Gasteiger partial charge in [-0.2, -0.15) is 8.75 Å². The summed E-state index contributed by atoms with van der Waals surface area (Å²) in [5, 5.41) is 13.8. The molecule has 1 atom stereocenters. The van der Waals surface area contributed by atoms with Crippen LogP contribution in [0.5, 0.6) is 0 Å². The van der Waals surface area contributed by atoms with Crippen molar-refractivity contribution in [2.24, 2.45) is 0 Å². The van der Waals surface area contributed by atoms with Gasteiger partial charge in [0, 0.05) is 11.1 Å². The number of amides is 1. The maximum atomic E-state index is 12.5. The zero-order chi connectivity index (χ0) is 17.3. The van der Waals surface area contributed by atoms with Crippen LogP contribution in [0.15, 0.2) is 64.0 Å². The van der Waals surface area contributed by atoms with Crippen molar-refractivity contribution in [3.05, 3.63) is 72.1 Å². The summed E-state index contributed by atoms with van der Waals surface area (Å²) in [5.41, 5.74) is 0.801. The van der Waals surface area contributed by atoms with E-state index in [-0.39, 0.29) is 12.5 Å². The predicted octanol–water partition coefficient (Wildman–Crippen LogP) is 2.54. The highest BCUT2D eigenvalue weighted by molar-refractivity contribution is 7.00. The Morgan fingerprint density at radius 1 is 1.20 bits per heavy atom. The number of benzene rings is 1. The minimum Gasteiger partial charge on any atom is -0.472 e. The second-order valence-electron chi connectivity index (χ2n) is 5.50. The Hall–Kier alpha value is -2.97. The van der Waals surface area contributed by atoms with E-state index in [1.165, 1.54) is 18.8 Å². The van der Waals surface area contributed by atoms with Gasteiger partial charge in [0.1, 0.15) is 16.8 Å². The fourth-order valence-electron chi connectivity index (χ4n) is 2.58. The van der Waals surface area contributed by atoms with Crippen LogP contribution in [-0.4, -0.2) is 26.3 Å². The lowest BCUT2D eigenvalue weighted by Gasteiger charge is -2.25. The Morgan fingerprint density at radius 2 is 2.08 bits per heavy atom. The van der Waals surface area contributed by atoms with Gasteiger partial charge in [-0.15, -0.1) is 0 Å². The van der Waals surface area contributed by atoms with Crippen molar-refractivity contribution in [2.75, 3.05) is 6.54 Å². The normalized spacial score (nSPS) is 13.6. The monoisotopic (exact) mass is 355 g/mol. The number of carbonyl (C=O) groups excluding carboxylic acids is 1. The quantitative estimate of drug-likeness (QED) is 0.570. The lowest BCUT2D eigenvalue weighted by atomic mass is 9.93. The highest BCUT2D eigenvalue weighted by atomic mass is 32.1. The van der Waals surface area contributed by atoms with E-state index >= 15 is 0 Å². The SMILES string of the molecule is O=C(NC[C@](O)(c1ccoc1)c1ccco1)c1ccc2nsnc2c1. The third kappa shape index (κ3) is 2.81. The molecule has 1 amide bonds. The molecule has 0 unspecified atom stereocenters. The van der Waals surface area contributed by atoms with Crippen LogP contribution in [0.1, 0.15) is 21.7 Å². The molecule has 8 heteroatoms. The van der Waals surface area contributed by atoms with E-state index in [0.29, 0.717) is 22.4 Å². The van der Waals surface area contributed by atoms with Gasteiger partial charge < -0.3 is 19.3 Å². The van der Waals surface area contributed by atoms with Gasteiger partial charge in [0.05, 0.1) is 37.1 Å². The second kappa shape index (κ2) is 6.15. The molecule has 0 saturated carbocycles. The summed E-state index contributed by atoms with van der Waals surface area (Å²) in [4.78, 5) is 12.5.